The molecule has 1 aromatic heterocycles. The molecule has 4 aromatic rings. The number of benzene rings is 3. The monoisotopic (exact) mass is 467 g/mol. The lowest BCUT2D eigenvalue weighted by Gasteiger charge is -2.23. The van der Waals surface area contributed by atoms with E-state index in [1.165, 1.54) is 4.90 Å². The summed E-state index contributed by atoms with van der Waals surface area (Å²) in [5.41, 5.74) is 7.64. The minimum absolute atomic E-state index is 0.279. The van der Waals surface area contributed by atoms with Crippen LogP contribution in [0, 0.1) is 18.3 Å². The molecule has 0 fully saturated rings. The molecule has 7 nitrogen and oxygen atoms in total. The highest BCUT2D eigenvalue weighted by Crippen LogP contribution is 2.23. The van der Waals surface area contributed by atoms with Gasteiger partial charge in [0.05, 0.1) is 22.7 Å². The molecule has 0 aliphatic carbocycles. The zero-order valence-corrected chi connectivity index (χ0v) is 20.2. The third kappa shape index (κ3) is 5.79. The minimum atomic E-state index is -0.960. The Bertz CT molecular complexity index is 1380. The smallest absolute Gasteiger partial charge is 0.407 e. The van der Waals surface area contributed by atoms with E-state index in [9.17, 15) is 9.90 Å². The molecule has 178 valence electrons. The van der Waals surface area contributed by atoms with Gasteiger partial charge in [0.25, 0.3) is 0 Å². The first-order valence-corrected chi connectivity index (χ1v) is 11.5. The van der Waals surface area contributed by atoms with Gasteiger partial charge in [-0.3, -0.25) is 4.90 Å². The number of hydrogen-bond acceptors (Lipinski definition) is 4. The van der Waals surface area contributed by atoms with Crippen molar-refractivity contribution >= 4 is 22.8 Å². The van der Waals surface area contributed by atoms with E-state index < -0.39 is 6.09 Å². The zero-order valence-electron chi connectivity index (χ0n) is 20.2. The maximum absolute atomic E-state index is 12.2. The molecule has 2 N–H and O–H groups in total. The molecule has 0 saturated heterocycles. The van der Waals surface area contributed by atoms with Crippen molar-refractivity contribution in [3.63, 3.8) is 0 Å². The van der Waals surface area contributed by atoms with Crippen LogP contribution in [-0.4, -0.2) is 40.2 Å². The largest absolute Gasteiger partial charge is 0.465 e. The number of nitrogens with zero attached hydrogens (tertiary/aromatic N) is 4. The standard InChI is InChI=1S/C28H29N5O2/c1-19-30-26-13-9-22(14-27(26)31-19)17-33(28(34)35)18-24-11-12-25(32(2)3)15-23(24)10-8-20-4-6-21(16-29)7-5-20/h4-7,9,11-15H,8,10,17-18H2,1-3H3,(H,30,31)(H,34,35). The maximum atomic E-state index is 12.2. The predicted molar refractivity (Wildman–Crippen MR) is 137 cm³/mol. The summed E-state index contributed by atoms with van der Waals surface area (Å²) in [6.45, 7) is 2.48. The van der Waals surface area contributed by atoms with Crippen LogP contribution in [0.3, 0.4) is 0 Å². The van der Waals surface area contributed by atoms with Crippen LogP contribution in [0.1, 0.15) is 33.6 Å². The Hall–Kier alpha value is -4.31. The Balaban J connectivity index is 1.56. The third-order valence-corrected chi connectivity index (χ3v) is 6.14. The van der Waals surface area contributed by atoms with Gasteiger partial charge in [-0.05, 0) is 78.4 Å². The summed E-state index contributed by atoms with van der Waals surface area (Å²) >= 11 is 0. The summed E-state index contributed by atoms with van der Waals surface area (Å²) in [6.07, 6.45) is 0.616. The Morgan fingerprint density at radius 3 is 2.40 bits per heavy atom. The van der Waals surface area contributed by atoms with E-state index in [2.05, 4.69) is 22.1 Å². The highest BCUT2D eigenvalue weighted by atomic mass is 16.4. The quantitative estimate of drug-likeness (QED) is 0.368. The number of nitrogens with one attached hydrogen (secondary N) is 1. The molecule has 0 aliphatic heterocycles. The van der Waals surface area contributed by atoms with Crippen LogP contribution in [0.25, 0.3) is 11.0 Å². The van der Waals surface area contributed by atoms with Gasteiger partial charge in [-0.15, -0.1) is 0 Å². The van der Waals surface area contributed by atoms with Crippen LogP contribution in [-0.2, 0) is 25.9 Å². The number of imidazole rings is 1. The van der Waals surface area contributed by atoms with E-state index >= 15 is 0 Å². The van der Waals surface area contributed by atoms with E-state index in [0.29, 0.717) is 12.1 Å². The second-order valence-corrected chi connectivity index (χ2v) is 8.97. The van der Waals surface area contributed by atoms with Crippen LogP contribution < -0.4 is 4.90 Å². The van der Waals surface area contributed by atoms with Crippen molar-refractivity contribution in [1.29, 1.82) is 5.26 Å². The molecule has 0 aliphatic rings. The molecule has 0 bridgehead atoms. The number of aromatic amines is 1. The van der Waals surface area contributed by atoms with E-state index in [-0.39, 0.29) is 6.54 Å². The second kappa shape index (κ2) is 10.3. The molecule has 0 spiro atoms. The van der Waals surface area contributed by atoms with Crippen LogP contribution in [0.15, 0.2) is 60.7 Å². The van der Waals surface area contributed by atoms with E-state index in [0.717, 1.165) is 57.6 Å². The van der Waals surface area contributed by atoms with Crippen LogP contribution in [0.4, 0.5) is 10.5 Å². The number of H-pyrrole nitrogens is 1. The van der Waals surface area contributed by atoms with Gasteiger partial charge in [-0.1, -0.05) is 24.3 Å². The highest BCUT2D eigenvalue weighted by molar-refractivity contribution is 5.76. The van der Waals surface area contributed by atoms with Crippen molar-refractivity contribution in [2.45, 2.75) is 32.9 Å². The molecule has 4 rings (SSSR count). The fourth-order valence-corrected chi connectivity index (χ4v) is 4.20. The number of carboxylic acid groups (broad SMARTS) is 1. The SMILES string of the molecule is Cc1nc2cc(CN(Cc3ccc(N(C)C)cc3CCc3ccc(C#N)cc3)C(=O)O)ccc2[nH]1. The molecular weight excluding hydrogens is 438 g/mol. The number of hydrogen-bond donors (Lipinski definition) is 2. The normalized spacial score (nSPS) is 10.8. The summed E-state index contributed by atoms with van der Waals surface area (Å²) in [4.78, 5) is 23.3. The Kier molecular flexibility index (Phi) is 7.02. The zero-order chi connectivity index (χ0) is 24.9. The van der Waals surface area contributed by atoms with E-state index in [4.69, 9.17) is 5.26 Å². The second-order valence-electron chi connectivity index (χ2n) is 8.97. The summed E-state index contributed by atoms with van der Waals surface area (Å²) < 4.78 is 0. The van der Waals surface area contributed by atoms with Crippen LogP contribution >= 0.6 is 0 Å². The molecule has 0 unspecified atom stereocenters. The fraction of sp³-hybridized carbons (Fsp3) is 0.250. The minimum Gasteiger partial charge on any atom is -0.465 e. The lowest BCUT2D eigenvalue weighted by atomic mass is 9.98. The molecule has 0 radical (unpaired) electrons. The molecule has 35 heavy (non-hydrogen) atoms. The number of rotatable bonds is 8. The summed E-state index contributed by atoms with van der Waals surface area (Å²) in [6, 6.07) is 21.8. The number of amides is 1. The molecule has 3 aromatic carbocycles. The van der Waals surface area contributed by atoms with Gasteiger partial charge in [0, 0.05) is 32.9 Å². The first-order chi connectivity index (χ1) is 16.8. The predicted octanol–water partition coefficient (Wildman–Crippen LogP) is 5.27. The molecule has 7 heteroatoms. The van der Waals surface area contributed by atoms with Gasteiger partial charge < -0.3 is 15.0 Å². The van der Waals surface area contributed by atoms with Crippen molar-refractivity contribution in [2.24, 2.45) is 0 Å². The average molecular weight is 468 g/mol. The highest BCUT2D eigenvalue weighted by Gasteiger charge is 2.17. The number of nitriles is 1. The third-order valence-electron chi connectivity index (χ3n) is 6.14. The lowest BCUT2D eigenvalue weighted by Crippen LogP contribution is -2.29. The summed E-state index contributed by atoms with van der Waals surface area (Å²) in [5.74, 6) is 0.833. The van der Waals surface area contributed by atoms with E-state index in [1.54, 1.807) is 0 Å². The maximum Gasteiger partial charge on any atom is 0.407 e. The number of aromatic nitrogens is 2. The molecule has 1 amide bonds. The Morgan fingerprint density at radius 2 is 1.71 bits per heavy atom. The van der Waals surface area contributed by atoms with Crippen molar-refractivity contribution in [1.82, 2.24) is 14.9 Å². The van der Waals surface area contributed by atoms with Crippen LogP contribution in [0.5, 0.6) is 0 Å². The van der Waals surface area contributed by atoms with Crippen molar-refractivity contribution < 1.29 is 9.90 Å². The first-order valence-electron chi connectivity index (χ1n) is 11.5. The fourth-order valence-electron chi connectivity index (χ4n) is 4.20. The van der Waals surface area contributed by atoms with Gasteiger partial charge in [-0.2, -0.15) is 5.26 Å². The Morgan fingerprint density at radius 1 is 0.971 bits per heavy atom. The van der Waals surface area contributed by atoms with E-state index in [1.807, 2.05) is 80.5 Å². The first kappa shape index (κ1) is 23.8. The summed E-state index contributed by atoms with van der Waals surface area (Å²) in [5, 5.41) is 19.0. The van der Waals surface area contributed by atoms with Gasteiger partial charge >= 0.3 is 6.09 Å². The lowest BCUT2D eigenvalue weighted by molar-refractivity contribution is 0.139. The molecular formula is C28H29N5O2. The number of aryl methyl sites for hydroxylation is 3. The van der Waals surface area contributed by atoms with Crippen molar-refractivity contribution in [2.75, 3.05) is 19.0 Å². The van der Waals surface area contributed by atoms with Gasteiger partial charge in [-0.25, -0.2) is 9.78 Å². The molecule has 0 saturated carbocycles. The van der Waals surface area contributed by atoms with Gasteiger partial charge in [0.2, 0.25) is 0 Å². The average Bonchev–Trinajstić information content (AvgIpc) is 3.22. The van der Waals surface area contributed by atoms with Gasteiger partial charge in [0.15, 0.2) is 0 Å². The Labute approximate surface area is 205 Å². The van der Waals surface area contributed by atoms with Crippen LogP contribution in [0.2, 0.25) is 0 Å². The summed E-state index contributed by atoms with van der Waals surface area (Å²) in [7, 11) is 3.99. The number of fused-ring (bicyclic) bond motifs is 1. The number of anilines is 1. The van der Waals surface area contributed by atoms with Crippen molar-refractivity contribution in [3.05, 3.63) is 94.3 Å². The topological polar surface area (TPSA) is 96.2 Å². The molecule has 1 heterocycles. The number of carbonyl (C=O) groups is 1. The molecule has 0 atom stereocenters. The van der Waals surface area contributed by atoms with Crippen molar-refractivity contribution in [3.8, 4) is 6.07 Å². The van der Waals surface area contributed by atoms with Gasteiger partial charge in [0.1, 0.15) is 5.82 Å².